The zero-order valence-electron chi connectivity index (χ0n) is 9.70. The maximum Gasteiger partial charge on any atom is 0.212 e. The number of aromatic nitrogens is 1. The van der Waals surface area contributed by atoms with Gasteiger partial charge in [-0.1, -0.05) is 26.0 Å². The van der Waals surface area contributed by atoms with Crippen LogP contribution < -0.4 is 4.57 Å². The first kappa shape index (κ1) is 10.2. The molecule has 1 aromatic heterocycles. The van der Waals surface area contributed by atoms with Crippen LogP contribution in [0.3, 0.4) is 0 Å². The van der Waals surface area contributed by atoms with Gasteiger partial charge in [-0.3, -0.25) is 0 Å². The molecule has 1 aromatic carbocycles. The zero-order valence-corrected chi connectivity index (χ0v) is 9.70. The van der Waals surface area contributed by atoms with Crippen LogP contribution in [0.4, 0.5) is 0 Å². The van der Waals surface area contributed by atoms with Gasteiger partial charge in [0.1, 0.15) is 6.54 Å². The van der Waals surface area contributed by atoms with Crippen molar-refractivity contribution in [2.75, 3.05) is 0 Å². The van der Waals surface area contributed by atoms with E-state index in [2.05, 4.69) is 61.7 Å². The van der Waals surface area contributed by atoms with Gasteiger partial charge in [0.2, 0.25) is 5.52 Å². The first-order valence-electron chi connectivity index (χ1n) is 5.65. The fraction of sp³-hybridized carbons (Fsp3) is 0.357. The second-order valence-electron chi connectivity index (χ2n) is 4.22. The second-order valence-corrected chi connectivity index (χ2v) is 4.22. The van der Waals surface area contributed by atoms with Gasteiger partial charge in [0, 0.05) is 23.4 Å². The summed E-state index contributed by atoms with van der Waals surface area (Å²) in [4.78, 5) is 0. The molecule has 0 aliphatic rings. The summed E-state index contributed by atoms with van der Waals surface area (Å²) >= 11 is 0. The SMILES string of the molecule is CC[n+]1c(C(C)C)ccc2ccccc21. The van der Waals surface area contributed by atoms with Crippen LogP contribution in [0, 0.1) is 0 Å². The Morgan fingerprint density at radius 3 is 2.47 bits per heavy atom. The minimum atomic E-state index is 0.578. The Kier molecular flexibility index (Phi) is 2.72. The van der Waals surface area contributed by atoms with E-state index in [1.165, 1.54) is 16.6 Å². The quantitative estimate of drug-likeness (QED) is 0.655. The average Bonchev–Trinajstić information content (AvgIpc) is 2.27. The molecule has 1 heterocycles. The predicted molar refractivity (Wildman–Crippen MR) is 63.9 cm³/mol. The van der Waals surface area contributed by atoms with Gasteiger partial charge in [-0.15, -0.1) is 0 Å². The number of para-hydroxylation sites is 1. The zero-order chi connectivity index (χ0) is 10.8. The Hall–Kier alpha value is -1.37. The van der Waals surface area contributed by atoms with Crippen LogP contribution >= 0.6 is 0 Å². The van der Waals surface area contributed by atoms with Gasteiger partial charge in [0.05, 0.1) is 0 Å². The lowest BCUT2D eigenvalue weighted by Gasteiger charge is -2.07. The largest absolute Gasteiger partial charge is 0.212 e. The normalized spacial score (nSPS) is 11.2. The van der Waals surface area contributed by atoms with Crippen LogP contribution in [0.15, 0.2) is 36.4 Å². The summed E-state index contributed by atoms with van der Waals surface area (Å²) < 4.78 is 2.40. The van der Waals surface area contributed by atoms with Gasteiger partial charge in [-0.05, 0) is 19.1 Å². The topological polar surface area (TPSA) is 3.88 Å². The average molecular weight is 200 g/mol. The van der Waals surface area contributed by atoms with Crippen LogP contribution in [-0.2, 0) is 6.54 Å². The minimum Gasteiger partial charge on any atom is -0.196 e. The van der Waals surface area contributed by atoms with Crippen molar-refractivity contribution in [2.45, 2.75) is 33.2 Å². The lowest BCUT2D eigenvalue weighted by atomic mass is 10.1. The van der Waals surface area contributed by atoms with Gasteiger partial charge >= 0.3 is 0 Å². The molecule has 0 N–H and O–H groups in total. The molecule has 1 nitrogen and oxygen atoms in total. The molecule has 0 spiro atoms. The van der Waals surface area contributed by atoms with Gasteiger partial charge in [0.15, 0.2) is 5.69 Å². The molecule has 0 radical (unpaired) electrons. The summed E-state index contributed by atoms with van der Waals surface area (Å²) in [7, 11) is 0. The molecule has 0 fully saturated rings. The molecule has 2 aromatic rings. The summed E-state index contributed by atoms with van der Waals surface area (Å²) in [5, 5.41) is 1.32. The highest BCUT2D eigenvalue weighted by Crippen LogP contribution is 2.15. The molecule has 0 aliphatic carbocycles. The Balaban J connectivity index is 2.75. The van der Waals surface area contributed by atoms with E-state index in [1.54, 1.807) is 0 Å². The molecule has 0 atom stereocenters. The van der Waals surface area contributed by atoms with Crippen LogP contribution in [-0.4, -0.2) is 0 Å². The van der Waals surface area contributed by atoms with Crippen molar-refractivity contribution in [1.82, 2.24) is 0 Å². The molecule has 0 unspecified atom stereocenters. The third-order valence-electron chi connectivity index (χ3n) is 2.88. The number of hydrogen-bond donors (Lipinski definition) is 0. The van der Waals surface area contributed by atoms with Crippen molar-refractivity contribution in [3.05, 3.63) is 42.1 Å². The highest BCUT2D eigenvalue weighted by molar-refractivity contribution is 5.75. The van der Waals surface area contributed by atoms with Crippen molar-refractivity contribution in [3.8, 4) is 0 Å². The van der Waals surface area contributed by atoms with E-state index in [-0.39, 0.29) is 0 Å². The first-order chi connectivity index (χ1) is 7.24. The summed E-state index contributed by atoms with van der Waals surface area (Å²) in [5.41, 5.74) is 2.75. The summed E-state index contributed by atoms with van der Waals surface area (Å²) in [5.74, 6) is 0.578. The molecule has 2 rings (SSSR count). The van der Waals surface area contributed by atoms with E-state index >= 15 is 0 Å². The number of rotatable bonds is 2. The molecule has 0 amide bonds. The fourth-order valence-electron chi connectivity index (χ4n) is 2.14. The van der Waals surface area contributed by atoms with Gasteiger partial charge < -0.3 is 0 Å². The van der Waals surface area contributed by atoms with Gasteiger partial charge in [0.25, 0.3) is 0 Å². The van der Waals surface area contributed by atoms with Crippen molar-refractivity contribution < 1.29 is 4.57 Å². The lowest BCUT2D eigenvalue weighted by molar-refractivity contribution is -0.676. The molecule has 78 valence electrons. The molecule has 15 heavy (non-hydrogen) atoms. The molecule has 0 aliphatic heterocycles. The molecule has 0 bridgehead atoms. The molecule has 0 saturated heterocycles. The van der Waals surface area contributed by atoms with E-state index in [0.29, 0.717) is 5.92 Å². The number of hydrogen-bond acceptors (Lipinski definition) is 0. The van der Waals surface area contributed by atoms with Crippen molar-refractivity contribution in [3.63, 3.8) is 0 Å². The standard InChI is InChI=1S/C14H18N/c1-4-15-13(11(2)3)10-9-12-7-5-6-8-14(12)15/h5-11H,4H2,1-3H3/q+1. The van der Waals surface area contributed by atoms with Crippen LogP contribution in [0.1, 0.15) is 32.4 Å². The molecular formula is C14H18N+. The highest BCUT2D eigenvalue weighted by atomic mass is 15.0. The Bertz CT molecular complexity index is 472. The van der Waals surface area contributed by atoms with E-state index in [9.17, 15) is 0 Å². The third-order valence-corrected chi connectivity index (χ3v) is 2.88. The maximum absolute atomic E-state index is 2.40. The van der Waals surface area contributed by atoms with E-state index in [4.69, 9.17) is 0 Å². The smallest absolute Gasteiger partial charge is 0.196 e. The molecular weight excluding hydrogens is 182 g/mol. The minimum absolute atomic E-state index is 0.578. The van der Waals surface area contributed by atoms with Crippen molar-refractivity contribution in [1.29, 1.82) is 0 Å². The van der Waals surface area contributed by atoms with Gasteiger partial charge in [-0.25, -0.2) is 0 Å². The Morgan fingerprint density at radius 2 is 1.80 bits per heavy atom. The Labute approximate surface area is 91.4 Å². The molecule has 0 saturated carbocycles. The fourth-order valence-corrected chi connectivity index (χ4v) is 2.14. The first-order valence-corrected chi connectivity index (χ1v) is 5.65. The third kappa shape index (κ3) is 1.74. The monoisotopic (exact) mass is 200 g/mol. The number of benzene rings is 1. The summed E-state index contributed by atoms with van der Waals surface area (Å²) in [6.07, 6.45) is 0. The second kappa shape index (κ2) is 4.01. The van der Waals surface area contributed by atoms with Gasteiger partial charge in [-0.2, -0.15) is 4.57 Å². The number of aryl methyl sites for hydroxylation is 1. The Morgan fingerprint density at radius 1 is 1.07 bits per heavy atom. The lowest BCUT2D eigenvalue weighted by Crippen LogP contribution is -2.38. The van der Waals surface area contributed by atoms with Crippen molar-refractivity contribution >= 4 is 10.9 Å². The van der Waals surface area contributed by atoms with Crippen LogP contribution in [0.2, 0.25) is 0 Å². The predicted octanol–water partition coefficient (Wildman–Crippen LogP) is 3.27. The number of nitrogens with zero attached hydrogens (tertiary/aromatic N) is 1. The van der Waals surface area contributed by atoms with E-state index < -0.39 is 0 Å². The number of fused-ring (bicyclic) bond motifs is 1. The summed E-state index contributed by atoms with van der Waals surface area (Å²) in [6, 6.07) is 13.0. The van der Waals surface area contributed by atoms with Crippen LogP contribution in [0.25, 0.3) is 10.9 Å². The number of pyridine rings is 1. The van der Waals surface area contributed by atoms with E-state index in [1.807, 2.05) is 0 Å². The van der Waals surface area contributed by atoms with Crippen molar-refractivity contribution in [2.24, 2.45) is 0 Å². The van der Waals surface area contributed by atoms with Crippen LogP contribution in [0.5, 0.6) is 0 Å². The maximum atomic E-state index is 2.40. The van der Waals surface area contributed by atoms with E-state index in [0.717, 1.165) is 6.54 Å². The summed E-state index contributed by atoms with van der Waals surface area (Å²) in [6.45, 7) is 7.74. The highest BCUT2D eigenvalue weighted by Gasteiger charge is 2.15. The molecule has 1 heteroatoms.